The first-order chi connectivity index (χ1) is 8.78. The summed E-state index contributed by atoms with van der Waals surface area (Å²) in [4.78, 5) is 16.3. The average Bonchev–Trinajstić information content (AvgIpc) is 2.54. The van der Waals surface area contributed by atoms with Gasteiger partial charge in [-0.2, -0.15) is 4.98 Å². The van der Waals surface area contributed by atoms with Crippen LogP contribution < -0.4 is 9.47 Å². The second kappa shape index (κ2) is 4.14. The van der Waals surface area contributed by atoms with Gasteiger partial charge < -0.3 is 9.47 Å². The predicted molar refractivity (Wildman–Crippen MR) is 65.3 cm³/mol. The van der Waals surface area contributed by atoms with Crippen LogP contribution in [0.1, 0.15) is 15.9 Å². The first kappa shape index (κ1) is 10.8. The summed E-state index contributed by atoms with van der Waals surface area (Å²) in [6, 6.07) is 10.8. The molecule has 0 unspecified atom stereocenters. The maximum atomic E-state index is 12.1. The summed E-state index contributed by atoms with van der Waals surface area (Å²) < 4.78 is 10.7. The number of carbonyl (C=O) groups excluding carboxylic acids is 1. The van der Waals surface area contributed by atoms with Gasteiger partial charge in [0.15, 0.2) is 5.78 Å². The summed E-state index contributed by atoms with van der Waals surface area (Å²) in [5.41, 5.74) is 1.37. The molecule has 0 spiro atoms. The number of carbonyl (C=O) groups is 1. The molecule has 0 saturated heterocycles. The molecule has 1 aliphatic heterocycles. The zero-order valence-corrected chi connectivity index (χ0v) is 9.84. The molecule has 0 fully saturated rings. The van der Waals surface area contributed by atoms with Gasteiger partial charge in [-0.1, -0.05) is 18.2 Å². The molecule has 4 heteroatoms. The van der Waals surface area contributed by atoms with Gasteiger partial charge in [-0.05, 0) is 12.1 Å². The maximum absolute atomic E-state index is 12.1. The largest absolute Gasteiger partial charge is 0.481 e. The molecule has 1 aromatic heterocycles. The Morgan fingerprint density at radius 2 is 2.06 bits per heavy atom. The van der Waals surface area contributed by atoms with Gasteiger partial charge in [0.1, 0.15) is 5.75 Å². The first-order valence-electron chi connectivity index (χ1n) is 5.62. The van der Waals surface area contributed by atoms with Crippen LogP contribution in [0.25, 0.3) is 0 Å². The molecule has 2 aromatic rings. The van der Waals surface area contributed by atoms with Crippen molar-refractivity contribution in [3.05, 3.63) is 47.5 Å². The van der Waals surface area contributed by atoms with Crippen molar-refractivity contribution in [2.45, 2.75) is 6.42 Å². The molecule has 0 saturated carbocycles. The minimum absolute atomic E-state index is 0.00473. The number of methoxy groups -OCH3 is 1. The molecule has 3 rings (SSSR count). The van der Waals surface area contributed by atoms with Crippen LogP contribution in [-0.4, -0.2) is 17.9 Å². The van der Waals surface area contributed by atoms with Crippen molar-refractivity contribution < 1.29 is 14.3 Å². The van der Waals surface area contributed by atoms with Crippen LogP contribution in [0.2, 0.25) is 0 Å². The number of para-hydroxylation sites is 1. The zero-order valence-electron chi connectivity index (χ0n) is 9.84. The predicted octanol–water partition coefficient (Wildman–Crippen LogP) is 2.62. The Kier molecular flexibility index (Phi) is 2.48. The van der Waals surface area contributed by atoms with E-state index in [1.807, 2.05) is 24.3 Å². The van der Waals surface area contributed by atoms with Gasteiger partial charge in [0.05, 0.1) is 12.7 Å². The number of benzene rings is 1. The highest BCUT2D eigenvalue weighted by Crippen LogP contribution is 2.33. The second-order valence-corrected chi connectivity index (χ2v) is 4.02. The fraction of sp³-hybridized carbons (Fsp3) is 0.143. The van der Waals surface area contributed by atoms with E-state index < -0.39 is 0 Å². The lowest BCUT2D eigenvalue weighted by molar-refractivity contribution is 0.0993. The first-order valence-corrected chi connectivity index (χ1v) is 5.62. The second-order valence-electron chi connectivity index (χ2n) is 4.02. The summed E-state index contributed by atoms with van der Waals surface area (Å²) in [5, 5.41) is 0. The molecule has 2 heterocycles. The third-order valence-corrected chi connectivity index (χ3v) is 2.87. The summed E-state index contributed by atoms with van der Waals surface area (Å²) in [7, 11) is 1.53. The lowest BCUT2D eigenvalue weighted by Gasteiger charge is -2.07. The number of ketones is 1. The van der Waals surface area contributed by atoms with Crippen LogP contribution in [0.15, 0.2) is 36.4 Å². The molecule has 4 nitrogen and oxygen atoms in total. The quantitative estimate of drug-likeness (QED) is 0.770. The Morgan fingerprint density at radius 3 is 2.89 bits per heavy atom. The van der Waals surface area contributed by atoms with Crippen molar-refractivity contribution >= 4 is 5.78 Å². The molecule has 0 aliphatic carbocycles. The molecular weight excluding hydrogens is 230 g/mol. The van der Waals surface area contributed by atoms with E-state index in [1.54, 1.807) is 12.1 Å². The summed E-state index contributed by atoms with van der Waals surface area (Å²) in [6.07, 6.45) is 0.331. The van der Waals surface area contributed by atoms with Crippen molar-refractivity contribution in [3.63, 3.8) is 0 Å². The van der Waals surface area contributed by atoms with Crippen LogP contribution >= 0.6 is 0 Å². The van der Waals surface area contributed by atoms with Gasteiger partial charge in [0, 0.05) is 18.1 Å². The Hall–Kier alpha value is -2.36. The van der Waals surface area contributed by atoms with E-state index in [2.05, 4.69) is 4.98 Å². The topological polar surface area (TPSA) is 48.4 Å². The molecule has 0 radical (unpaired) electrons. The number of hydrogen-bond donors (Lipinski definition) is 0. The standard InChI is InChI=1S/C14H11NO3/c1-17-13-7-6-10-11(16)8-9-4-2-3-5-12(9)18-14(10)15-13/h2-7H,8H2,1H3. The molecule has 0 N–H and O–H groups in total. The smallest absolute Gasteiger partial charge is 0.233 e. The molecule has 1 aromatic carbocycles. The van der Waals surface area contributed by atoms with Crippen LogP contribution in [0.4, 0.5) is 0 Å². The van der Waals surface area contributed by atoms with E-state index in [9.17, 15) is 4.79 Å². The van der Waals surface area contributed by atoms with Crippen LogP contribution in [-0.2, 0) is 6.42 Å². The summed E-state index contributed by atoms with van der Waals surface area (Å²) in [6.45, 7) is 0. The number of pyridine rings is 1. The molecule has 1 aliphatic rings. The number of ether oxygens (including phenoxy) is 2. The average molecular weight is 241 g/mol. The Labute approximate surface area is 104 Å². The summed E-state index contributed by atoms with van der Waals surface area (Å²) in [5.74, 6) is 1.42. The number of rotatable bonds is 1. The Balaban J connectivity index is 2.14. The minimum Gasteiger partial charge on any atom is -0.481 e. The Bertz CT molecular complexity index is 622. The third-order valence-electron chi connectivity index (χ3n) is 2.87. The van der Waals surface area contributed by atoms with Gasteiger partial charge in [0.25, 0.3) is 0 Å². The molecule has 0 atom stereocenters. The van der Waals surface area contributed by atoms with Crippen molar-refractivity contribution in [2.24, 2.45) is 0 Å². The Morgan fingerprint density at radius 1 is 1.22 bits per heavy atom. The van der Waals surface area contributed by atoms with Gasteiger partial charge >= 0.3 is 0 Å². The molecular formula is C14H11NO3. The molecule has 90 valence electrons. The normalized spacial score (nSPS) is 13.1. The number of nitrogens with zero attached hydrogens (tertiary/aromatic N) is 1. The van der Waals surface area contributed by atoms with E-state index in [0.717, 1.165) is 5.56 Å². The van der Waals surface area contributed by atoms with E-state index in [-0.39, 0.29) is 5.78 Å². The van der Waals surface area contributed by atoms with Crippen molar-refractivity contribution in [2.75, 3.05) is 7.11 Å². The van der Waals surface area contributed by atoms with Crippen LogP contribution in [0.5, 0.6) is 17.5 Å². The molecule has 0 bridgehead atoms. The highest BCUT2D eigenvalue weighted by Gasteiger charge is 2.22. The van der Waals surface area contributed by atoms with Crippen molar-refractivity contribution in [1.29, 1.82) is 0 Å². The highest BCUT2D eigenvalue weighted by atomic mass is 16.5. The van der Waals surface area contributed by atoms with Crippen LogP contribution in [0, 0.1) is 0 Å². The fourth-order valence-corrected chi connectivity index (χ4v) is 1.95. The van der Waals surface area contributed by atoms with Gasteiger partial charge in [-0.25, -0.2) is 0 Å². The van der Waals surface area contributed by atoms with Crippen molar-refractivity contribution in [1.82, 2.24) is 4.98 Å². The number of Topliss-reactive ketones (excluding diaryl/α,β-unsaturated/α-hetero) is 1. The number of hydrogen-bond acceptors (Lipinski definition) is 4. The van der Waals surface area contributed by atoms with Gasteiger partial charge in [-0.3, -0.25) is 4.79 Å². The number of fused-ring (bicyclic) bond motifs is 2. The third kappa shape index (κ3) is 1.72. The van der Waals surface area contributed by atoms with E-state index in [0.29, 0.717) is 29.5 Å². The van der Waals surface area contributed by atoms with E-state index in [1.165, 1.54) is 7.11 Å². The monoisotopic (exact) mass is 241 g/mol. The maximum Gasteiger partial charge on any atom is 0.233 e. The number of aromatic nitrogens is 1. The fourth-order valence-electron chi connectivity index (χ4n) is 1.95. The SMILES string of the molecule is COc1ccc2c(n1)Oc1ccccc1CC2=O. The lowest BCUT2D eigenvalue weighted by Crippen LogP contribution is -2.03. The lowest BCUT2D eigenvalue weighted by atomic mass is 10.0. The van der Waals surface area contributed by atoms with Gasteiger partial charge in [-0.15, -0.1) is 0 Å². The van der Waals surface area contributed by atoms with Gasteiger partial charge in [0.2, 0.25) is 11.8 Å². The highest BCUT2D eigenvalue weighted by molar-refractivity contribution is 6.00. The zero-order chi connectivity index (χ0) is 12.5. The molecule has 0 amide bonds. The summed E-state index contributed by atoms with van der Waals surface area (Å²) >= 11 is 0. The van der Waals surface area contributed by atoms with E-state index >= 15 is 0 Å². The van der Waals surface area contributed by atoms with E-state index in [4.69, 9.17) is 9.47 Å². The van der Waals surface area contributed by atoms with Crippen LogP contribution in [0.3, 0.4) is 0 Å². The minimum atomic E-state index is 0.00473. The van der Waals surface area contributed by atoms with Crippen molar-refractivity contribution in [3.8, 4) is 17.5 Å². The molecule has 18 heavy (non-hydrogen) atoms.